The van der Waals surface area contributed by atoms with Crippen molar-refractivity contribution in [1.82, 2.24) is 9.21 Å². The minimum atomic E-state index is -3.36. The van der Waals surface area contributed by atoms with Gasteiger partial charge in [-0.3, -0.25) is 4.79 Å². The van der Waals surface area contributed by atoms with Crippen LogP contribution in [-0.4, -0.2) is 55.0 Å². The molecule has 1 atom stereocenters. The van der Waals surface area contributed by atoms with E-state index in [-0.39, 0.29) is 12.1 Å². The first-order chi connectivity index (χ1) is 11.2. The van der Waals surface area contributed by atoms with E-state index in [2.05, 4.69) is 0 Å². The number of halogens is 2. The van der Waals surface area contributed by atoms with Crippen molar-refractivity contribution >= 4 is 15.9 Å². The minimum Gasteiger partial charge on any atom is -0.337 e. The van der Waals surface area contributed by atoms with Gasteiger partial charge < -0.3 is 4.90 Å². The molecule has 2 aliphatic rings. The van der Waals surface area contributed by atoms with E-state index in [0.717, 1.165) is 24.6 Å². The first-order valence-electron chi connectivity index (χ1n) is 7.94. The second-order valence-corrected chi connectivity index (χ2v) is 8.56. The summed E-state index contributed by atoms with van der Waals surface area (Å²) >= 11 is 0. The van der Waals surface area contributed by atoms with Crippen molar-refractivity contribution < 1.29 is 22.0 Å². The van der Waals surface area contributed by atoms with Gasteiger partial charge in [-0.25, -0.2) is 17.2 Å². The fraction of sp³-hybridized carbons (Fsp3) is 0.562. The molecule has 1 aromatic rings. The normalized spacial score (nSPS) is 25.4. The Morgan fingerprint density at radius 2 is 1.67 bits per heavy atom. The van der Waals surface area contributed by atoms with Crippen molar-refractivity contribution in [3.63, 3.8) is 0 Å². The lowest BCUT2D eigenvalue weighted by Gasteiger charge is -2.44. The SMILES string of the molecule is CS(=O)(=O)N1CCCC12CCCN(C(=O)c1cc(F)cc(F)c1)C2. The third kappa shape index (κ3) is 3.17. The zero-order valence-corrected chi connectivity index (χ0v) is 14.3. The van der Waals surface area contributed by atoms with Crippen LogP contribution in [-0.2, 0) is 10.0 Å². The first kappa shape index (κ1) is 17.3. The number of carbonyl (C=O) groups excluding carboxylic acids is 1. The second-order valence-electron chi connectivity index (χ2n) is 6.65. The average Bonchev–Trinajstić information content (AvgIpc) is 2.88. The molecule has 2 saturated heterocycles. The van der Waals surface area contributed by atoms with Gasteiger partial charge in [-0.2, -0.15) is 4.31 Å². The third-order valence-corrected chi connectivity index (χ3v) is 6.26. The molecule has 0 aromatic heterocycles. The Bertz CT molecular complexity index is 748. The van der Waals surface area contributed by atoms with E-state index in [1.807, 2.05) is 0 Å². The lowest BCUT2D eigenvalue weighted by molar-refractivity contribution is 0.0523. The molecule has 0 saturated carbocycles. The smallest absolute Gasteiger partial charge is 0.254 e. The molecular formula is C16H20F2N2O3S. The molecule has 1 unspecified atom stereocenters. The topological polar surface area (TPSA) is 57.7 Å². The summed E-state index contributed by atoms with van der Waals surface area (Å²) in [6.07, 6.45) is 3.99. The van der Waals surface area contributed by atoms with E-state index in [1.54, 1.807) is 0 Å². The maximum absolute atomic E-state index is 13.4. The number of piperidine rings is 1. The highest BCUT2D eigenvalue weighted by molar-refractivity contribution is 7.88. The Balaban J connectivity index is 1.86. The maximum Gasteiger partial charge on any atom is 0.254 e. The van der Waals surface area contributed by atoms with E-state index in [9.17, 15) is 22.0 Å². The maximum atomic E-state index is 13.4. The van der Waals surface area contributed by atoms with Crippen molar-refractivity contribution in [2.75, 3.05) is 25.9 Å². The summed E-state index contributed by atoms with van der Waals surface area (Å²) in [5.74, 6) is -2.07. The van der Waals surface area contributed by atoms with E-state index in [4.69, 9.17) is 0 Å². The summed E-state index contributed by atoms with van der Waals surface area (Å²) in [7, 11) is -3.36. The third-order valence-electron chi connectivity index (χ3n) is 4.88. The molecule has 8 heteroatoms. The summed E-state index contributed by atoms with van der Waals surface area (Å²) in [5, 5.41) is 0. The molecule has 0 aliphatic carbocycles. The Labute approximate surface area is 140 Å². The van der Waals surface area contributed by atoms with Gasteiger partial charge in [0.1, 0.15) is 11.6 Å². The molecule has 3 rings (SSSR count). The zero-order chi connectivity index (χ0) is 17.5. The van der Waals surface area contributed by atoms with Crippen molar-refractivity contribution in [2.45, 2.75) is 31.2 Å². The Morgan fingerprint density at radius 3 is 2.25 bits per heavy atom. The molecule has 0 bridgehead atoms. The van der Waals surface area contributed by atoms with Crippen LogP contribution < -0.4 is 0 Å². The summed E-state index contributed by atoms with van der Waals surface area (Å²) in [5.41, 5.74) is -0.638. The zero-order valence-electron chi connectivity index (χ0n) is 13.5. The van der Waals surface area contributed by atoms with Crippen LogP contribution in [0.25, 0.3) is 0 Å². The predicted molar refractivity (Wildman–Crippen MR) is 85.0 cm³/mol. The van der Waals surface area contributed by atoms with Crippen molar-refractivity contribution in [1.29, 1.82) is 0 Å². The molecule has 24 heavy (non-hydrogen) atoms. The number of hydrogen-bond acceptors (Lipinski definition) is 3. The second kappa shape index (κ2) is 6.07. The van der Waals surface area contributed by atoms with E-state index in [0.29, 0.717) is 32.4 Å². The molecule has 5 nitrogen and oxygen atoms in total. The quantitative estimate of drug-likeness (QED) is 0.812. The van der Waals surface area contributed by atoms with Crippen LogP contribution in [0.2, 0.25) is 0 Å². The number of likely N-dealkylation sites (tertiary alicyclic amines) is 1. The van der Waals surface area contributed by atoms with E-state index < -0.39 is 33.1 Å². The molecule has 2 fully saturated rings. The lowest BCUT2D eigenvalue weighted by Crippen LogP contribution is -2.58. The van der Waals surface area contributed by atoms with E-state index in [1.165, 1.54) is 15.5 Å². The van der Waals surface area contributed by atoms with Crippen LogP contribution in [0.4, 0.5) is 8.78 Å². The van der Waals surface area contributed by atoms with Crippen LogP contribution in [0.3, 0.4) is 0 Å². The molecular weight excluding hydrogens is 338 g/mol. The predicted octanol–water partition coefficient (Wildman–Crippen LogP) is 1.99. The fourth-order valence-electron chi connectivity index (χ4n) is 3.98. The number of benzene rings is 1. The molecule has 1 aromatic carbocycles. The van der Waals surface area contributed by atoms with Gasteiger partial charge in [-0.15, -0.1) is 0 Å². The molecule has 1 amide bonds. The Hall–Kier alpha value is -1.54. The summed E-state index contributed by atoms with van der Waals surface area (Å²) < 4.78 is 52.4. The highest BCUT2D eigenvalue weighted by Gasteiger charge is 2.48. The number of sulfonamides is 1. The van der Waals surface area contributed by atoms with Crippen LogP contribution >= 0.6 is 0 Å². The van der Waals surface area contributed by atoms with E-state index >= 15 is 0 Å². The number of rotatable bonds is 2. The minimum absolute atomic E-state index is 0.0477. The average molecular weight is 358 g/mol. The van der Waals surface area contributed by atoms with Gasteiger partial charge in [0.15, 0.2) is 0 Å². The van der Waals surface area contributed by atoms with Crippen molar-refractivity contribution in [3.05, 3.63) is 35.4 Å². The van der Waals surface area contributed by atoms with Crippen molar-refractivity contribution in [2.24, 2.45) is 0 Å². The number of carbonyl (C=O) groups is 1. The van der Waals surface area contributed by atoms with Crippen LogP contribution in [0.5, 0.6) is 0 Å². The van der Waals surface area contributed by atoms with Gasteiger partial charge in [-0.05, 0) is 37.8 Å². The lowest BCUT2D eigenvalue weighted by atomic mass is 9.87. The first-order valence-corrected chi connectivity index (χ1v) is 9.79. The summed E-state index contributed by atoms with van der Waals surface area (Å²) in [6.45, 7) is 1.17. The molecule has 2 heterocycles. The fourth-order valence-corrected chi connectivity index (χ4v) is 5.39. The van der Waals surface area contributed by atoms with Crippen LogP contribution in [0, 0.1) is 11.6 Å². The molecule has 2 aliphatic heterocycles. The largest absolute Gasteiger partial charge is 0.337 e. The monoisotopic (exact) mass is 358 g/mol. The summed E-state index contributed by atoms with van der Waals surface area (Å²) in [6, 6.07) is 2.74. The van der Waals surface area contributed by atoms with Crippen molar-refractivity contribution in [3.8, 4) is 0 Å². The number of nitrogens with zero attached hydrogens (tertiary/aromatic N) is 2. The van der Waals surface area contributed by atoms with Gasteiger partial charge in [0.2, 0.25) is 10.0 Å². The highest BCUT2D eigenvalue weighted by atomic mass is 32.2. The standard InChI is InChI=1S/C16H20F2N2O3S/c1-24(22,23)20-7-3-5-16(20)4-2-6-19(11-16)15(21)12-8-13(17)10-14(18)9-12/h8-10H,2-7,11H2,1H3. The van der Waals surface area contributed by atoms with Gasteiger partial charge in [0.05, 0.1) is 11.8 Å². The summed E-state index contributed by atoms with van der Waals surface area (Å²) in [4.78, 5) is 14.1. The molecule has 0 radical (unpaired) electrons. The number of hydrogen-bond donors (Lipinski definition) is 0. The molecule has 132 valence electrons. The highest BCUT2D eigenvalue weighted by Crippen LogP contribution is 2.39. The Morgan fingerprint density at radius 1 is 1.08 bits per heavy atom. The molecule has 1 spiro atoms. The Kier molecular flexibility index (Phi) is 4.37. The molecule has 0 N–H and O–H groups in total. The van der Waals surface area contributed by atoms with Crippen LogP contribution in [0.1, 0.15) is 36.0 Å². The van der Waals surface area contributed by atoms with Gasteiger partial charge in [-0.1, -0.05) is 0 Å². The van der Waals surface area contributed by atoms with Gasteiger partial charge in [0, 0.05) is 31.3 Å². The van der Waals surface area contributed by atoms with Gasteiger partial charge in [0.25, 0.3) is 5.91 Å². The number of amides is 1. The van der Waals surface area contributed by atoms with Crippen LogP contribution in [0.15, 0.2) is 18.2 Å². The van der Waals surface area contributed by atoms with Gasteiger partial charge >= 0.3 is 0 Å².